The average molecular weight is 286 g/mol. The van der Waals surface area contributed by atoms with E-state index in [9.17, 15) is 14.0 Å². The molecule has 8 heteroatoms. The van der Waals surface area contributed by atoms with Crippen molar-refractivity contribution in [2.45, 2.75) is 6.10 Å². The Hall–Kier alpha value is -2.35. The number of halogens is 1. The molecule has 0 radical (unpaired) electrons. The van der Waals surface area contributed by atoms with Crippen molar-refractivity contribution in [3.63, 3.8) is 0 Å². The zero-order valence-corrected chi connectivity index (χ0v) is 11.0. The second-order valence-electron chi connectivity index (χ2n) is 3.74. The highest BCUT2D eigenvalue weighted by molar-refractivity contribution is 5.91. The van der Waals surface area contributed by atoms with E-state index in [0.717, 1.165) is 12.1 Å². The lowest BCUT2D eigenvalue weighted by Gasteiger charge is -2.13. The van der Waals surface area contributed by atoms with Crippen LogP contribution in [0.25, 0.3) is 0 Å². The molecule has 0 aliphatic rings. The fourth-order valence-corrected chi connectivity index (χ4v) is 1.39. The molecule has 7 nitrogen and oxygen atoms in total. The van der Waals surface area contributed by atoms with Gasteiger partial charge >= 0.3 is 12.0 Å². The van der Waals surface area contributed by atoms with Crippen LogP contribution in [0.5, 0.6) is 5.75 Å². The van der Waals surface area contributed by atoms with E-state index in [-0.39, 0.29) is 18.0 Å². The fraction of sp³-hybridized carbons (Fsp3) is 0.333. The number of benzene rings is 1. The van der Waals surface area contributed by atoms with Crippen molar-refractivity contribution in [2.24, 2.45) is 0 Å². The molecule has 0 aliphatic carbocycles. The average Bonchev–Trinajstić information content (AvgIpc) is 2.41. The maximum absolute atomic E-state index is 13.0. The number of aliphatic carboxylic acids is 1. The Labute approximate surface area is 114 Å². The lowest BCUT2D eigenvalue weighted by atomic mass is 10.3. The van der Waals surface area contributed by atoms with Crippen LogP contribution in [-0.4, -0.2) is 44.0 Å². The first-order valence-corrected chi connectivity index (χ1v) is 5.62. The topological polar surface area (TPSA) is 96.9 Å². The molecular formula is C12H15FN2O5. The molecule has 1 rings (SSSR count). The van der Waals surface area contributed by atoms with Crippen LogP contribution in [0.1, 0.15) is 0 Å². The van der Waals surface area contributed by atoms with Gasteiger partial charge in [0.2, 0.25) is 0 Å². The Kier molecular flexibility index (Phi) is 5.73. The summed E-state index contributed by atoms with van der Waals surface area (Å²) < 4.78 is 22.5. The smallest absolute Gasteiger partial charge is 0.334 e. The van der Waals surface area contributed by atoms with Crippen LogP contribution in [-0.2, 0) is 9.53 Å². The van der Waals surface area contributed by atoms with Gasteiger partial charge in [0.05, 0.1) is 19.3 Å². The second kappa shape index (κ2) is 7.29. The quantitative estimate of drug-likeness (QED) is 0.726. The van der Waals surface area contributed by atoms with Crippen molar-refractivity contribution < 1.29 is 28.6 Å². The number of anilines is 1. The molecule has 110 valence electrons. The Morgan fingerprint density at radius 1 is 1.40 bits per heavy atom. The molecule has 0 bridgehead atoms. The molecule has 3 N–H and O–H groups in total. The predicted molar refractivity (Wildman–Crippen MR) is 68.4 cm³/mol. The lowest BCUT2D eigenvalue weighted by molar-refractivity contribution is -0.147. The van der Waals surface area contributed by atoms with Gasteiger partial charge in [-0.1, -0.05) is 0 Å². The summed E-state index contributed by atoms with van der Waals surface area (Å²) in [6, 6.07) is 2.95. The number of methoxy groups -OCH3 is 2. The van der Waals surface area contributed by atoms with Crippen LogP contribution < -0.4 is 15.4 Å². The summed E-state index contributed by atoms with van der Waals surface area (Å²) in [5, 5.41) is 13.5. The fourth-order valence-electron chi connectivity index (χ4n) is 1.39. The Balaban J connectivity index is 2.60. The van der Waals surface area contributed by atoms with Gasteiger partial charge in [-0.15, -0.1) is 0 Å². The molecule has 1 unspecified atom stereocenters. The third-order valence-corrected chi connectivity index (χ3v) is 2.42. The van der Waals surface area contributed by atoms with E-state index < -0.39 is 23.9 Å². The van der Waals surface area contributed by atoms with Gasteiger partial charge in [0.25, 0.3) is 0 Å². The summed E-state index contributed by atoms with van der Waals surface area (Å²) >= 11 is 0. The first-order chi connectivity index (χ1) is 9.47. The van der Waals surface area contributed by atoms with Crippen LogP contribution in [0, 0.1) is 5.82 Å². The largest absolute Gasteiger partial charge is 0.494 e. The summed E-state index contributed by atoms with van der Waals surface area (Å²) in [5.41, 5.74) is 0.260. The first kappa shape index (κ1) is 15.7. The number of hydrogen-bond donors (Lipinski definition) is 3. The number of carbonyl (C=O) groups is 2. The van der Waals surface area contributed by atoms with E-state index >= 15 is 0 Å². The third kappa shape index (κ3) is 4.39. The van der Waals surface area contributed by atoms with E-state index in [1.54, 1.807) is 0 Å². The van der Waals surface area contributed by atoms with Crippen LogP contribution in [0.15, 0.2) is 18.2 Å². The molecule has 1 atom stereocenters. The monoisotopic (exact) mass is 286 g/mol. The van der Waals surface area contributed by atoms with Crippen LogP contribution >= 0.6 is 0 Å². The number of urea groups is 1. The summed E-state index contributed by atoms with van der Waals surface area (Å²) in [4.78, 5) is 22.3. The second-order valence-corrected chi connectivity index (χ2v) is 3.74. The molecule has 1 aromatic carbocycles. The molecule has 1 aromatic rings. The molecule has 0 saturated carbocycles. The number of ether oxygens (including phenoxy) is 2. The summed E-state index contributed by atoms with van der Waals surface area (Å²) in [5.74, 6) is -1.54. The normalized spacial score (nSPS) is 11.6. The minimum absolute atomic E-state index is 0.154. The van der Waals surface area contributed by atoms with Gasteiger partial charge < -0.3 is 25.2 Å². The first-order valence-electron chi connectivity index (χ1n) is 5.62. The minimum Gasteiger partial charge on any atom is -0.494 e. The van der Waals surface area contributed by atoms with E-state index in [1.807, 2.05) is 0 Å². The van der Waals surface area contributed by atoms with E-state index in [2.05, 4.69) is 15.4 Å². The van der Waals surface area contributed by atoms with Gasteiger partial charge in [0, 0.05) is 13.2 Å². The number of hydrogen-bond acceptors (Lipinski definition) is 4. The van der Waals surface area contributed by atoms with Crippen molar-refractivity contribution in [3.8, 4) is 5.75 Å². The van der Waals surface area contributed by atoms with Crippen molar-refractivity contribution in [3.05, 3.63) is 24.0 Å². The molecule has 20 heavy (non-hydrogen) atoms. The Morgan fingerprint density at radius 3 is 2.65 bits per heavy atom. The number of amides is 2. The number of carboxylic acids is 1. The summed E-state index contributed by atoms with van der Waals surface area (Å²) in [6.45, 7) is -0.207. The third-order valence-electron chi connectivity index (χ3n) is 2.42. The van der Waals surface area contributed by atoms with Gasteiger partial charge in [0.1, 0.15) is 11.6 Å². The lowest BCUT2D eigenvalue weighted by Crippen LogP contribution is -2.39. The Morgan fingerprint density at radius 2 is 2.10 bits per heavy atom. The van der Waals surface area contributed by atoms with Crippen molar-refractivity contribution in [2.75, 3.05) is 26.1 Å². The number of rotatable bonds is 6. The maximum atomic E-state index is 13.0. The van der Waals surface area contributed by atoms with Gasteiger partial charge in [-0.2, -0.15) is 0 Å². The van der Waals surface area contributed by atoms with Crippen molar-refractivity contribution in [1.29, 1.82) is 0 Å². The molecule has 0 heterocycles. The van der Waals surface area contributed by atoms with Crippen molar-refractivity contribution >= 4 is 17.7 Å². The van der Waals surface area contributed by atoms with Crippen LogP contribution in [0.4, 0.5) is 14.9 Å². The van der Waals surface area contributed by atoms with Gasteiger partial charge in [-0.25, -0.2) is 14.0 Å². The highest BCUT2D eigenvalue weighted by Gasteiger charge is 2.17. The van der Waals surface area contributed by atoms with Crippen molar-refractivity contribution in [1.82, 2.24) is 5.32 Å². The highest BCUT2D eigenvalue weighted by Crippen LogP contribution is 2.24. The molecule has 0 saturated heterocycles. The van der Waals surface area contributed by atoms with E-state index in [4.69, 9.17) is 9.84 Å². The summed E-state index contributed by atoms with van der Waals surface area (Å²) in [7, 11) is 2.56. The molecule has 0 fully saturated rings. The number of carbonyl (C=O) groups excluding carboxylic acids is 1. The Bertz CT molecular complexity index is 495. The number of carboxylic acid groups (broad SMARTS) is 1. The minimum atomic E-state index is -1.19. The standard InChI is InChI=1S/C12H15FN2O5/c1-19-9-5-7(13)3-4-8(9)15-12(18)14-6-10(20-2)11(16)17/h3-5,10H,6H2,1-2H3,(H,16,17)(H2,14,15,18). The molecular weight excluding hydrogens is 271 g/mol. The van der Waals surface area contributed by atoms with E-state index in [0.29, 0.717) is 0 Å². The molecule has 0 aromatic heterocycles. The van der Waals surface area contributed by atoms with Crippen LogP contribution in [0.2, 0.25) is 0 Å². The predicted octanol–water partition coefficient (Wildman–Crippen LogP) is 1.06. The number of nitrogens with one attached hydrogen (secondary N) is 2. The van der Waals surface area contributed by atoms with Gasteiger partial charge in [-0.3, -0.25) is 0 Å². The maximum Gasteiger partial charge on any atom is 0.334 e. The molecule has 2 amide bonds. The SMILES string of the molecule is COc1cc(F)ccc1NC(=O)NCC(OC)C(=O)O. The summed E-state index contributed by atoms with van der Waals surface area (Å²) in [6.07, 6.45) is -1.14. The highest BCUT2D eigenvalue weighted by atomic mass is 19.1. The van der Waals surface area contributed by atoms with E-state index in [1.165, 1.54) is 20.3 Å². The van der Waals surface area contributed by atoms with Gasteiger partial charge in [0.15, 0.2) is 6.10 Å². The van der Waals surface area contributed by atoms with Crippen LogP contribution in [0.3, 0.4) is 0 Å². The zero-order chi connectivity index (χ0) is 15.1. The zero-order valence-electron chi connectivity index (χ0n) is 11.0. The molecule has 0 aliphatic heterocycles. The van der Waals surface area contributed by atoms with Gasteiger partial charge in [-0.05, 0) is 12.1 Å². The molecule has 0 spiro atoms.